The van der Waals surface area contributed by atoms with Crippen LogP contribution in [0.2, 0.25) is 0 Å². The molecule has 0 aliphatic heterocycles. The van der Waals surface area contributed by atoms with Crippen molar-refractivity contribution >= 4 is 15.7 Å². The Morgan fingerprint density at radius 3 is 2.52 bits per heavy atom. The van der Waals surface area contributed by atoms with E-state index < -0.39 is 16.1 Å². The van der Waals surface area contributed by atoms with Crippen molar-refractivity contribution in [3.05, 3.63) is 48.0 Å². The van der Waals surface area contributed by atoms with E-state index in [1.165, 1.54) is 6.07 Å². The molecule has 0 saturated heterocycles. The van der Waals surface area contributed by atoms with Crippen molar-refractivity contribution in [3.8, 4) is 11.5 Å². The van der Waals surface area contributed by atoms with E-state index in [2.05, 4.69) is 12.2 Å². The Morgan fingerprint density at radius 2 is 1.93 bits per heavy atom. The fraction of sp³-hybridized carbons (Fsp3) is 0.368. The molecule has 0 aliphatic rings. The molecule has 6 N–H and O–H groups in total. The van der Waals surface area contributed by atoms with E-state index in [0.717, 1.165) is 12.8 Å². The second-order valence-electron chi connectivity index (χ2n) is 6.30. The maximum atomic E-state index is 12.2. The first kappa shape index (κ1) is 21.2. The second-order valence-corrected chi connectivity index (χ2v) is 7.83. The molecule has 7 nitrogen and oxygen atoms in total. The van der Waals surface area contributed by atoms with Gasteiger partial charge in [-0.3, -0.25) is 0 Å². The molecule has 2 aromatic rings. The highest BCUT2D eigenvalue weighted by molar-refractivity contribution is 7.89. The maximum Gasteiger partial charge on any atom is 0.241 e. The third-order valence-corrected chi connectivity index (χ3v) is 4.89. The molecule has 0 spiro atoms. The number of unbranched alkanes of at least 4 members (excludes halogenated alkanes) is 1. The highest BCUT2D eigenvalue weighted by Gasteiger charge is 2.22. The number of rotatable bonds is 10. The molecule has 0 aromatic heterocycles. The number of para-hydroxylation sites is 1. The zero-order chi connectivity index (χ0) is 19.9. The summed E-state index contributed by atoms with van der Waals surface area (Å²) in [7, 11) is -4.05. The van der Waals surface area contributed by atoms with Gasteiger partial charge in [-0.2, -0.15) is 0 Å². The molecular formula is C19H27N3O4S. The Hall–Kier alpha value is -2.13. The van der Waals surface area contributed by atoms with E-state index in [1.54, 1.807) is 30.3 Å². The summed E-state index contributed by atoms with van der Waals surface area (Å²) in [5, 5.41) is 18.5. The van der Waals surface area contributed by atoms with Gasteiger partial charge < -0.3 is 20.9 Å². The summed E-state index contributed by atoms with van der Waals surface area (Å²) in [6.07, 6.45) is 1.33. The van der Waals surface area contributed by atoms with Gasteiger partial charge in [0.05, 0.1) is 11.8 Å². The van der Waals surface area contributed by atoms with Crippen LogP contribution in [0.3, 0.4) is 0 Å². The highest BCUT2D eigenvalue weighted by Crippen LogP contribution is 2.37. The quantitative estimate of drug-likeness (QED) is 0.458. The Kier molecular flexibility index (Phi) is 7.61. The van der Waals surface area contributed by atoms with Gasteiger partial charge in [0.25, 0.3) is 0 Å². The monoisotopic (exact) mass is 393 g/mol. The van der Waals surface area contributed by atoms with Crippen LogP contribution in [0.1, 0.15) is 25.3 Å². The van der Waals surface area contributed by atoms with Gasteiger partial charge in [0.1, 0.15) is 10.6 Å². The average molecular weight is 394 g/mol. The molecule has 0 aliphatic carbocycles. The van der Waals surface area contributed by atoms with E-state index in [0.29, 0.717) is 23.5 Å². The molecular weight excluding hydrogens is 366 g/mol. The maximum absolute atomic E-state index is 12.2. The number of aliphatic hydroxyl groups excluding tert-OH is 1. The lowest BCUT2D eigenvalue weighted by Crippen LogP contribution is -2.22. The van der Waals surface area contributed by atoms with Crippen LogP contribution in [0.15, 0.2) is 47.4 Å². The number of nitrogens with one attached hydrogen (secondary N) is 1. The molecule has 1 atom stereocenters. The summed E-state index contributed by atoms with van der Waals surface area (Å²) < 4.78 is 30.3. The molecule has 2 rings (SSSR count). The molecule has 148 valence electrons. The Labute approximate surface area is 160 Å². The molecule has 1 unspecified atom stereocenters. The Morgan fingerprint density at radius 1 is 1.22 bits per heavy atom. The first-order valence-corrected chi connectivity index (χ1v) is 10.4. The van der Waals surface area contributed by atoms with E-state index >= 15 is 0 Å². The van der Waals surface area contributed by atoms with Gasteiger partial charge in [-0.25, -0.2) is 13.6 Å². The van der Waals surface area contributed by atoms with Gasteiger partial charge in [-0.1, -0.05) is 31.5 Å². The van der Waals surface area contributed by atoms with Crippen LogP contribution in [-0.4, -0.2) is 32.7 Å². The van der Waals surface area contributed by atoms with Crippen LogP contribution in [0, 0.1) is 0 Å². The SMILES string of the molecule is CCCCNc1cc(CC(O)CN)cc(S(N)(=O)=O)c1Oc1ccccc1. The molecule has 0 fully saturated rings. The minimum atomic E-state index is -4.05. The predicted octanol–water partition coefficient (Wildman–Crippen LogP) is 2.20. The first-order valence-electron chi connectivity index (χ1n) is 8.89. The third-order valence-electron chi connectivity index (χ3n) is 3.97. The minimum Gasteiger partial charge on any atom is -0.454 e. The number of benzene rings is 2. The van der Waals surface area contributed by atoms with E-state index in [1.807, 2.05) is 6.07 Å². The largest absolute Gasteiger partial charge is 0.454 e. The number of anilines is 1. The van der Waals surface area contributed by atoms with Gasteiger partial charge in [-0.05, 0) is 42.7 Å². The zero-order valence-electron chi connectivity index (χ0n) is 15.4. The minimum absolute atomic E-state index is 0.0750. The summed E-state index contributed by atoms with van der Waals surface area (Å²) >= 11 is 0. The number of hydrogen-bond donors (Lipinski definition) is 4. The third kappa shape index (κ3) is 6.21. The van der Waals surface area contributed by atoms with Crippen molar-refractivity contribution in [1.82, 2.24) is 0 Å². The summed E-state index contributed by atoms with van der Waals surface area (Å²) in [6, 6.07) is 12.1. The van der Waals surface area contributed by atoms with Crippen LogP contribution >= 0.6 is 0 Å². The normalized spacial score (nSPS) is 12.6. The van der Waals surface area contributed by atoms with Crippen LogP contribution in [-0.2, 0) is 16.4 Å². The molecule has 0 heterocycles. The van der Waals surface area contributed by atoms with Gasteiger partial charge in [0, 0.05) is 13.1 Å². The van der Waals surface area contributed by atoms with Gasteiger partial charge in [0.15, 0.2) is 5.75 Å². The lowest BCUT2D eigenvalue weighted by atomic mass is 10.1. The topological polar surface area (TPSA) is 128 Å². The van der Waals surface area contributed by atoms with Crippen molar-refractivity contribution in [1.29, 1.82) is 0 Å². The summed E-state index contributed by atoms with van der Waals surface area (Å²) in [5.41, 5.74) is 6.60. The first-order chi connectivity index (χ1) is 12.8. The molecule has 8 heteroatoms. The van der Waals surface area contributed by atoms with Crippen molar-refractivity contribution < 1.29 is 18.3 Å². The number of primary sulfonamides is 1. The zero-order valence-corrected chi connectivity index (χ0v) is 16.2. The standard InChI is InChI=1S/C19H27N3O4S/c1-2-3-9-22-17-11-14(10-15(23)13-20)12-18(27(21,24)25)19(17)26-16-7-5-4-6-8-16/h4-8,11-12,15,22-23H,2-3,9-10,13,20H2,1H3,(H2,21,24,25). The van der Waals surface area contributed by atoms with Crippen molar-refractivity contribution in [2.24, 2.45) is 10.9 Å². The van der Waals surface area contributed by atoms with Gasteiger partial charge >= 0.3 is 0 Å². The molecule has 0 radical (unpaired) electrons. The molecule has 0 amide bonds. The van der Waals surface area contributed by atoms with Crippen molar-refractivity contribution in [2.45, 2.75) is 37.2 Å². The van der Waals surface area contributed by atoms with Gasteiger partial charge in [-0.15, -0.1) is 0 Å². The highest BCUT2D eigenvalue weighted by atomic mass is 32.2. The fourth-order valence-corrected chi connectivity index (χ4v) is 3.31. The Balaban J connectivity index is 2.53. The lowest BCUT2D eigenvalue weighted by Gasteiger charge is -2.19. The number of aliphatic hydroxyl groups is 1. The molecule has 27 heavy (non-hydrogen) atoms. The summed E-state index contributed by atoms with van der Waals surface area (Å²) in [4.78, 5) is -0.132. The summed E-state index contributed by atoms with van der Waals surface area (Å²) in [6.45, 7) is 2.78. The smallest absolute Gasteiger partial charge is 0.241 e. The Bertz CT molecular complexity index is 842. The number of sulfonamides is 1. The van der Waals surface area contributed by atoms with E-state index in [-0.39, 0.29) is 23.6 Å². The number of hydrogen-bond acceptors (Lipinski definition) is 6. The predicted molar refractivity (Wildman–Crippen MR) is 106 cm³/mol. The van der Waals surface area contributed by atoms with Crippen molar-refractivity contribution in [2.75, 3.05) is 18.4 Å². The van der Waals surface area contributed by atoms with Gasteiger partial charge in [0.2, 0.25) is 10.0 Å². The fourth-order valence-electron chi connectivity index (χ4n) is 2.59. The van der Waals surface area contributed by atoms with Crippen LogP contribution in [0.4, 0.5) is 5.69 Å². The van der Waals surface area contributed by atoms with E-state index in [4.69, 9.17) is 15.6 Å². The van der Waals surface area contributed by atoms with Crippen LogP contribution in [0.5, 0.6) is 11.5 Å². The molecule has 0 saturated carbocycles. The number of ether oxygens (including phenoxy) is 1. The van der Waals surface area contributed by atoms with Crippen LogP contribution < -0.4 is 20.9 Å². The van der Waals surface area contributed by atoms with Crippen molar-refractivity contribution in [3.63, 3.8) is 0 Å². The average Bonchev–Trinajstić information content (AvgIpc) is 2.63. The lowest BCUT2D eigenvalue weighted by molar-refractivity contribution is 0.183. The van der Waals surface area contributed by atoms with E-state index in [9.17, 15) is 13.5 Å². The molecule has 2 aromatic carbocycles. The second kappa shape index (κ2) is 9.70. The number of nitrogens with two attached hydrogens (primary N) is 2. The molecule has 0 bridgehead atoms. The summed E-state index contributed by atoms with van der Waals surface area (Å²) in [5.74, 6) is 0.640. The van der Waals surface area contributed by atoms with Crippen LogP contribution in [0.25, 0.3) is 0 Å².